The molecular weight excluding hydrogens is 669 g/mol. The Morgan fingerprint density at radius 2 is 1.88 bits per heavy atom. The number of pyridine rings is 1. The summed E-state index contributed by atoms with van der Waals surface area (Å²) in [4.78, 5) is 55.7. The van der Waals surface area contributed by atoms with E-state index in [1.165, 1.54) is 19.4 Å². The molecule has 8 atom stereocenters. The molecule has 3 N–H and O–H groups in total. The van der Waals surface area contributed by atoms with E-state index in [0.717, 1.165) is 31.3 Å². The zero-order chi connectivity index (χ0) is 36.9. The zero-order valence-corrected chi connectivity index (χ0v) is 30.5. The quantitative estimate of drug-likeness (QED) is 0.355. The van der Waals surface area contributed by atoms with Crippen molar-refractivity contribution in [3.05, 3.63) is 45.5 Å². The molecule has 1 unspecified atom stereocenters. The topological polar surface area (TPSA) is 147 Å². The van der Waals surface area contributed by atoms with Gasteiger partial charge in [0.1, 0.15) is 16.9 Å². The Kier molecular flexibility index (Phi) is 8.50. The Morgan fingerprint density at radius 3 is 2.60 bits per heavy atom. The largest absolute Gasteiger partial charge is 0.492 e. The number of carbonyl (C=O) groups is 3. The predicted molar refractivity (Wildman–Crippen MR) is 191 cm³/mol. The van der Waals surface area contributed by atoms with Gasteiger partial charge >= 0.3 is 5.97 Å². The smallest absolute Gasteiger partial charge is 0.344 e. The molecule has 1 saturated heterocycles. The molecule has 1 aromatic carbocycles. The monoisotopic (exact) mass is 719 g/mol. The molecule has 11 nitrogen and oxygen atoms in total. The molecule has 280 valence electrons. The SMILES string of the molecule is COc1c(N2CCNC(C)C2)c(F)cc2c(=O)c(C(=O)OCC(=O)[C@]3(O)CC[C@@H]4[C@H]5CCC6=CC(=O)CC[C@@]6(C)[C@@H]5[C@H](O)C[C@]43C)cn(C3CC3)c12. The molecule has 0 bridgehead atoms. The van der Waals surface area contributed by atoms with Crippen molar-refractivity contribution in [2.45, 2.75) is 102 Å². The number of piperazine rings is 1. The summed E-state index contributed by atoms with van der Waals surface area (Å²) in [6, 6.07) is 1.27. The molecule has 0 radical (unpaired) electrons. The number of esters is 1. The van der Waals surface area contributed by atoms with Gasteiger partial charge in [-0.25, -0.2) is 9.18 Å². The maximum Gasteiger partial charge on any atom is 0.344 e. The highest BCUT2D eigenvalue weighted by Crippen LogP contribution is 2.67. The fourth-order valence-corrected chi connectivity index (χ4v) is 11.3. The molecule has 2 aromatic rings. The van der Waals surface area contributed by atoms with Crippen LogP contribution in [0.4, 0.5) is 10.1 Å². The molecule has 12 heteroatoms. The lowest BCUT2D eigenvalue weighted by Gasteiger charge is -2.60. The molecule has 1 aliphatic heterocycles. The minimum atomic E-state index is -1.84. The Bertz CT molecular complexity index is 1960. The second-order valence-electron chi connectivity index (χ2n) is 16.9. The van der Waals surface area contributed by atoms with Gasteiger partial charge in [0, 0.05) is 49.8 Å². The first kappa shape index (κ1) is 35.4. The summed E-state index contributed by atoms with van der Waals surface area (Å²) in [5.41, 5.74) is -2.33. The number of nitrogens with one attached hydrogen (secondary N) is 1. The van der Waals surface area contributed by atoms with E-state index in [2.05, 4.69) is 12.2 Å². The summed E-state index contributed by atoms with van der Waals surface area (Å²) < 4.78 is 29.0. The van der Waals surface area contributed by atoms with Gasteiger partial charge in [0.05, 0.1) is 24.1 Å². The fraction of sp³-hybridized carbons (Fsp3) is 0.650. The van der Waals surface area contributed by atoms with Crippen molar-refractivity contribution in [3.8, 4) is 5.75 Å². The number of halogens is 1. The van der Waals surface area contributed by atoms with Gasteiger partial charge in [0.25, 0.3) is 0 Å². The summed E-state index contributed by atoms with van der Waals surface area (Å²) in [7, 11) is 1.45. The van der Waals surface area contributed by atoms with E-state index in [-0.39, 0.29) is 76.3 Å². The van der Waals surface area contributed by atoms with E-state index >= 15 is 4.39 Å². The minimum absolute atomic E-state index is 0.00834. The number of hydrogen-bond acceptors (Lipinski definition) is 10. The van der Waals surface area contributed by atoms with E-state index in [4.69, 9.17) is 9.47 Å². The number of ether oxygens (including phenoxy) is 2. The average Bonchev–Trinajstić information content (AvgIpc) is 3.91. The molecule has 0 spiro atoms. The Morgan fingerprint density at radius 1 is 1.12 bits per heavy atom. The van der Waals surface area contributed by atoms with Gasteiger partial charge in [-0.15, -0.1) is 0 Å². The maximum atomic E-state index is 15.9. The van der Waals surface area contributed by atoms with Crippen molar-refractivity contribution in [1.82, 2.24) is 9.88 Å². The highest BCUT2D eigenvalue weighted by atomic mass is 19.1. The van der Waals surface area contributed by atoms with Gasteiger partial charge in [-0.3, -0.25) is 14.4 Å². The number of aromatic nitrogens is 1. The number of nitrogens with zero attached hydrogens (tertiary/aromatic N) is 2. The number of fused-ring (bicyclic) bond motifs is 6. The maximum absolute atomic E-state index is 15.9. The summed E-state index contributed by atoms with van der Waals surface area (Å²) in [6.45, 7) is 7.07. The first-order valence-electron chi connectivity index (χ1n) is 19.0. The van der Waals surface area contributed by atoms with Crippen LogP contribution in [0.2, 0.25) is 0 Å². The Balaban J connectivity index is 1.05. The van der Waals surface area contributed by atoms with E-state index in [1.54, 1.807) is 10.6 Å². The van der Waals surface area contributed by atoms with Crippen LogP contribution in [-0.4, -0.2) is 83.4 Å². The summed E-state index contributed by atoms with van der Waals surface area (Å²) in [6.07, 6.45) is 7.69. The van der Waals surface area contributed by atoms with Crippen LogP contribution in [0.3, 0.4) is 0 Å². The average molecular weight is 720 g/mol. The van der Waals surface area contributed by atoms with Crippen molar-refractivity contribution < 1.29 is 38.5 Å². The second-order valence-corrected chi connectivity index (χ2v) is 16.9. The third-order valence-corrected chi connectivity index (χ3v) is 14.1. The molecule has 6 aliphatic rings. The third-order valence-electron chi connectivity index (χ3n) is 14.1. The number of carbonyl (C=O) groups excluding carboxylic acids is 3. The van der Waals surface area contributed by atoms with Crippen molar-refractivity contribution in [1.29, 1.82) is 0 Å². The van der Waals surface area contributed by atoms with Crippen LogP contribution < -0.4 is 20.4 Å². The standard InChI is InChI=1S/C40H50FN3O8/c1-21-18-43(14-13-42-21)34-29(41)16-26-33(36(34)51-4)44(23-6-7-23)19-27(35(26)48)37(49)52-20-31(47)40(50)12-10-28-25-8-5-22-15-24(45)9-11-38(22,2)32(25)30(46)17-39(28,40)3/h15-16,19,21,23,25,28,30,32,42,46,50H,5-14,17-18,20H2,1-4H3/t21?,25-,28-,30-,32+,38-,39-,40-/m1/s1. The lowest BCUT2D eigenvalue weighted by atomic mass is 9.45. The number of benzene rings is 1. The van der Waals surface area contributed by atoms with Crippen molar-refractivity contribution in [2.24, 2.45) is 28.6 Å². The van der Waals surface area contributed by atoms with Gasteiger partial charge in [-0.1, -0.05) is 19.4 Å². The molecule has 5 fully saturated rings. The summed E-state index contributed by atoms with van der Waals surface area (Å²) in [5.74, 6) is -1.98. The molecule has 52 heavy (non-hydrogen) atoms. The van der Waals surface area contributed by atoms with Crippen LogP contribution in [0.1, 0.15) is 95.0 Å². The van der Waals surface area contributed by atoms with E-state index < -0.39 is 46.7 Å². The van der Waals surface area contributed by atoms with Crippen molar-refractivity contribution >= 4 is 34.1 Å². The van der Waals surface area contributed by atoms with Gasteiger partial charge in [-0.2, -0.15) is 0 Å². The van der Waals surface area contributed by atoms with E-state index in [9.17, 15) is 29.4 Å². The summed E-state index contributed by atoms with van der Waals surface area (Å²) >= 11 is 0. The lowest BCUT2D eigenvalue weighted by molar-refractivity contribution is -0.182. The number of allylic oxidation sites excluding steroid dienone is 1. The zero-order valence-electron chi connectivity index (χ0n) is 30.5. The number of aliphatic hydroxyl groups is 2. The third kappa shape index (κ3) is 5.21. The van der Waals surface area contributed by atoms with Gasteiger partial charge in [0.2, 0.25) is 11.2 Å². The highest BCUT2D eigenvalue weighted by molar-refractivity contribution is 5.99. The summed E-state index contributed by atoms with van der Waals surface area (Å²) in [5, 5.41) is 27.2. The number of Topliss-reactive ketones (excluding diaryl/α,β-unsaturated/α-hetero) is 1. The molecule has 1 aromatic heterocycles. The molecule has 0 amide bonds. The normalized spacial score (nSPS) is 35.8. The lowest BCUT2D eigenvalue weighted by Crippen LogP contribution is -2.62. The predicted octanol–water partition coefficient (Wildman–Crippen LogP) is 4.24. The number of rotatable bonds is 7. The second kappa shape index (κ2) is 12.5. The van der Waals surface area contributed by atoms with Crippen LogP contribution in [0, 0.1) is 34.4 Å². The molecular formula is C40H50FN3O8. The van der Waals surface area contributed by atoms with Crippen molar-refractivity contribution in [2.75, 3.05) is 38.3 Å². The molecule has 8 rings (SSSR count). The number of anilines is 1. The number of ketones is 2. The van der Waals surface area contributed by atoms with Crippen LogP contribution >= 0.6 is 0 Å². The fourth-order valence-electron chi connectivity index (χ4n) is 11.3. The number of hydrogen-bond donors (Lipinski definition) is 3. The number of aliphatic hydroxyl groups excluding tert-OH is 1. The van der Waals surface area contributed by atoms with Crippen LogP contribution in [-0.2, 0) is 14.3 Å². The minimum Gasteiger partial charge on any atom is -0.492 e. The Hall–Kier alpha value is -3.61. The Labute approximate surface area is 302 Å². The molecule has 5 aliphatic carbocycles. The first-order chi connectivity index (χ1) is 24.7. The van der Waals surface area contributed by atoms with Crippen LogP contribution in [0.5, 0.6) is 5.75 Å². The van der Waals surface area contributed by atoms with Crippen LogP contribution in [0.15, 0.2) is 28.7 Å². The van der Waals surface area contributed by atoms with Crippen molar-refractivity contribution in [3.63, 3.8) is 0 Å². The first-order valence-corrected chi connectivity index (χ1v) is 19.0. The van der Waals surface area contributed by atoms with Gasteiger partial charge < -0.3 is 34.5 Å². The van der Waals surface area contributed by atoms with E-state index in [0.29, 0.717) is 44.4 Å². The molecule has 2 heterocycles. The number of methoxy groups -OCH3 is 1. The van der Waals surface area contributed by atoms with E-state index in [1.807, 2.05) is 18.7 Å². The van der Waals surface area contributed by atoms with Gasteiger partial charge in [0.15, 0.2) is 24.0 Å². The van der Waals surface area contributed by atoms with Gasteiger partial charge in [-0.05, 0) is 93.6 Å². The van der Waals surface area contributed by atoms with Crippen LogP contribution in [0.25, 0.3) is 10.9 Å². The molecule has 4 saturated carbocycles. The highest BCUT2D eigenvalue weighted by Gasteiger charge is 2.68.